The third kappa shape index (κ3) is 8.74. The molecular formula is C22H33IN4O3. The van der Waals surface area contributed by atoms with Crippen molar-refractivity contribution in [3.63, 3.8) is 0 Å². The van der Waals surface area contributed by atoms with Crippen LogP contribution >= 0.6 is 24.0 Å². The first-order valence-electron chi connectivity index (χ1n) is 9.89. The zero-order valence-electron chi connectivity index (χ0n) is 18.4. The second-order valence-corrected chi connectivity index (χ2v) is 7.00. The first-order chi connectivity index (χ1) is 14.0. The zero-order chi connectivity index (χ0) is 21.1. The van der Waals surface area contributed by atoms with Crippen LogP contribution in [0.3, 0.4) is 0 Å². The summed E-state index contributed by atoms with van der Waals surface area (Å²) < 4.78 is 16.9. The highest BCUT2D eigenvalue weighted by Crippen LogP contribution is 2.30. The molecule has 0 atom stereocenters. The van der Waals surface area contributed by atoms with E-state index in [0.717, 1.165) is 18.1 Å². The number of hydrogen-bond acceptors (Lipinski definition) is 5. The molecule has 7 nitrogen and oxygen atoms in total. The molecule has 30 heavy (non-hydrogen) atoms. The van der Waals surface area contributed by atoms with Gasteiger partial charge in [0.05, 0.1) is 18.8 Å². The molecule has 0 aliphatic rings. The maximum Gasteiger partial charge on any atom is 0.219 e. The molecule has 0 saturated carbocycles. The van der Waals surface area contributed by atoms with E-state index in [9.17, 15) is 0 Å². The van der Waals surface area contributed by atoms with Crippen LogP contribution in [0.2, 0.25) is 0 Å². The standard InChI is InChI=1S/C22H32N4O3.HI/c1-6-23-21(26-16-22(3,4)27-5)25-15-17-12-13-20(24-14-17)29-19-11-9-8-10-18(19)28-7-2;/h8-14H,6-7,15-16H2,1-5H3,(H2,23,25,26);1H. The first-order valence-corrected chi connectivity index (χ1v) is 9.89. The van der Waals surface area contributed by atoms with Crippen molar-refractivity contribution in [3.05, 3.63) is 48.2 Å². The third-order valence-electron chi connectivity index (χ3n) is 4.16. The Kier molecular flexibility index (Phi) is 11.5. The van der Waals surface area contributed by atoms with Gasteiger partial charge < -0.3 is 24.8 Å². The van der Waals surface area contributed by atoms with E-state index in [1.807, 2.05) is 64.1 Å². The second-order valence-electron chi connectivity index (χ2n) is 7.00. The fraction of sp³-hybridized carbons (Fsp3) is 0.455. The van der Waals surface area contributed by atoms with E-state index in [1.54, 1.807) is 13.3 Å². The van der Waals surface area contributed by atoms with Gasteiger partial charge in [0.25, 0.3) is 0 Å². The summed E-state index contributed by atoms with van der Waals surface area (Å²) in [6, 6.07) is 11.3. The van der Waals surface area contributed by atoms with Gasteiger partial charge in [-0.25, -0.2) is 9.98 Å². The van der Waals surface area contributed by atoms with Crippen molar-refractivity contribution in [3.8, 4) is 17.4 Å². The number of nitrogens with one attached hydrogen (secondary N) is 2. The van der Waals surface area contributed by atoms with Crippen molar-refractivity contribution in [1.29, 1.82) is 0 Å². The molecule has 0 unspecified atom stereocenters. The van der Waals surface area contributed by atoms with Crippen molar-refractivity contribution < 1.29 is 14.2 Å². The predicted octanol–water partition coefficient (Wildman–Crippen LogP) is 4.37. The fourth-order valence-electron chi connectivity index (χ4n) is 2.37. The van der Waals surface area contributed by atoms with E-state index in [4.69, 9.17) is 14.2 Å². The Labute approximate surface area is 196 Å². The van der Waals surface area contributed by atoms with Gasteiger partial charge in [-0.05, 0) is 45.4 Å². The van der Waals surface area contributed by atoms with Gasteiger partial charge in [-0.15, -0.1) is 24.0 Å². The molecule has 0 radical (unpaired) electrons. The fourth-order valence-corrected chi connectivity index (χ4v) is 2.37. The van der Waals surface area contributed by atoms with E-state index >= 15 is 0 Å². The highest BCUT2D eigenvalue weighted by molar-refractivity contribution is 14.0. The first kappa shape index (κ1) is 26.0. The molecule has 2 aromatic rings. The van der Waals surface area contributed by atoms with Gasteiger partial charge in [-0.2, -0.15) is 0 Å². The Morgan fingerprint density at radius 1 is 1.07 bits per heavy atom. The van der Waals surface area contributed by atoms with Gasteiger partial charge >= 0.3 is 0 Å². The number of methoxy groups -OCH3 is 1. The molecule has 1 heterocycles. The summed E-state index contributed by atoms with van der Waals surface area (Å²) in [4.78, 5) is 9.00. The van der Waals surface area contributed by atoms with Gasteiger partial charge in [-0.1, -0.05) is 18.2 Å². The highest BCUT2D eigenvalue weighted by Gasteiger charge is 2.16. The second kappa shape index (κ2) is 13.3. The maximum absolute atomic E-state index is 5.86. The number of halogens is 1. The van der Waals surface area contributed by atoms with Gasteiger partial charge in [0, 0.05) is 32.5 Å². The number of para-hydroxylation sites is 2. The number of benzene rings is 1. The Bertz CT molecular complexity index is 782. The summed E-state index contributed by atoms with van der Waals surface area (Å²) in [5.74, 6) is 2.60. The number of nitrogens with zero attached hydrogens (tertiary/aromatic N) is 2. The van der Waals surface area contributed by atoms with Crippen molar-refractivity contribution in [2.75, 3.05) is 26.8 Å². The number of hydrogen-bond donors (Lipinski definition) is 2. The van der Waals surface area contributed by atoms with E-state index in [1.165, 1.54) is 0 Å². The molecule has 166 valence electrons. The summed E-state index contributed by atoms with van der Waals surface area (Å²) >= 11 is 0. The lowest BCUT2D eigenvalue weighted by Crippen LogP contribution is -2.45. The summed E-state index contributed by atoms with van der Waals surface area (Å²) in [5, 5.41) is 6.54. The lowest BCUT2D eigenvalue weighted by molar-refractivity contribution is 0.0268. The average molecular weight is 528 g/mol. The summed E-state index contributed by atoms with van der Waals surface area (Å²) in [7, 11) is 1.70. The zero-order valence-corrected chi connectivity index (χ0v) is 20.7. The van der Waals surface area contributed by atoms with Gasteiger partial charge in [0.15, 0.2) is 17.5 Å². The third-order valence-corrected chi connectivity index (χ3v) is 4.16. The minimum Gasteiger partial charge on any atom is -0.490 e. The number of aromatic nitrogens is 1. The van der Waals surface area contributed by atoms with Crippen LogP contribution in [0.4, 0.5) is 0 Å². The molecule has 2 N–H and O–H groups in total. The van der Waals surface area contributed by atoms with Crippen LogP contribution in [0.25, 0.3) is 0 Å². The molecule has 0 aliphatic heterocycles. The van der Waals surface area contributed by atoms with Gasteiger partial charge in [0.1, 0.15) is 0 Å². The average Bonchev–Trinajstić information content (AvgIpc) is 2.73. The van der Waals surface area contributed by atoms with E-state index in [2.05, 4.69) is 20.6 Å². The summed E-state index contributed by atoms with van der Waals surface area (Å²) in [6.07, 6.45) is 1.77. The molecule has 0 spiro atoms. The normalized spacial score (nSPS) is 11.4. The van der Waals surface area contributed by atoms with Crippen LogP contribution in [0.15, 0.2) is 47.6 Å². The van der Waals surface area contributed by atoms with E-state index < -0.39 is 0 Å². The Hall–Kier alpha value is -2.07. The van der Waals surface area contributed by atoms with Crippen LogP contribution in [0.5, 0.6) is 17.4 Å². The number of guanidine groups is 1. The topological polar surface area (TPSA) is 77.0 Å². The Morgan fingerprint density at radius 3 is 2.40 bits per heavy atom. The smallest absolute Gasteiger partial charge is 0.219 e. The quantitative estimate of drug-likeness (QED) is 0.271. The van der Waals surface area contributed by atoms with Crippen molar-refractivity contribution in [1.82, 2.24) is 15.6 Å². The molecule has 1 aromatic carbocycles. The summed E-state index contributed by atoms with van der Waals surface area (Å²) in [6.45, 7) is 10.5. The van der Waals surface area contributed by atoms with Crippen LogP contribution in [-0.4, -0.2) is 43.4 Å². The molecule has 0 bridgehead atoms. The molecule has 8 heteroatoms. The lowest BCUT2D eigenvalue weighted by atomic mass is 10.1. The minimum absolute atomic E-state index is 0. The highest BCUT2D eigenvalue weighted by atomic mass is 127. The van der Waals surface area contributed by atoms with E-state index in [0.29, 0.717) is 37.1 Å². The van der Waals surface area contributed by atoms with E-state index in [-0.39, 0.29) is 29.6 Å². The van der Waals surface area contributed by atoms with Crippen LogP contribution in [-0.2, 0) is 11.3 Å². The van der Waals surface area contributed by atoms with Gasteiger partial charge in [0.2, 0.25) is 5.88 Å². The SMILES string of the molecule is CCNC(=NCc1ccc(Oc2ccccc2OCC)nc1)NCC(C)(C)OC.I. The Morgan fingerprint density at radius 2 is 1.80 bits per heavy atom. The number of pyridine rings is 1. The van der Waals surface area contributed by atoms with Gasteiger partial charge in [-0.3, -0.25) is 0 Å². The van der Waals surface area contributed by atoms with Crippen molar-refractivity contribution >= 4 is 29.9 Å². The lowest BCUT2D eigenvalue weighted by Gasteiger charge is -2.24. The summed E-state index contributed by atoms with van der Waals surface area (Å²) in [5.41, 5.74) is 0.716. The largest absolute Gasteiger partial charge is 0.490 e. The van der Waals surface area contributed by atoms with Crippen LogP contribution in [0.1, 0.15) is 33.3 Å². The molecule has 0 saturated heterocycles. The van der Waals surface area contributed by atoms with Crippen LogP contribution < -0.4 is 20.1 Å². The van der Waals surface area contributed by atoms with Crippen molar-refractivity contribution in [2.45, 2.75) is 39.8 Å². The molecule has 0 fully saturated rings. The monoisotopic (exact) mass is 528 g/mol. The number of rotatable bonds is 10. The number of ether oxygens (including phenoxy) is 3. The maximum atomic E-state index is 5.86. The molecule has 1 aromatic heterocycles. The van der Waals surface area contributed by atoms with Crippen LogP contribution in [0, 0.1) is 0 Å². The number of aliphatic imine (C=N–C) groups is 1. The minimum atomic E-state index is -0.269. The molecule has 0 amide bonds. The molecule has 0 aliphatic carbocycles. The predicted molar refractivity (Wildman–Crippen MR) is 131 cm³/mol. The molecule has 2 rings (SSSR count). The van der Waals surface area contributed by atoms with Crippen molar-refractivity contribution in [2.24, 2.45) is 4.99 Å². The Balaban J connectivity index is 0.00000450. The molecular weight excluding hydrogens is 495 g/mol.